The highest BCUT2D eigenvalue weighted by Crippen LogP contribution is 2.61. The zero-order valence-corrected chi connectivity index (χ0v) is 26.9. The third kappa shape index (κ3) is 7.84. The molecule has 9 unspecified atom stereocenters. The SMILES string of the molecule is CC12CCC3c4ccc(O)cc4CCC3C1CCC2OCCC(=O)NCCOCCOCC(=O)OC1CCC(N)C(O)C1C(N)=O. The number of phenols is 1. The average Bonchev–Trinajstić information content (AvgIpc) is 3.36. The number of hydrogen-bond acceptors (Lipinski definition) is 10. The molecule has 12 nitrogen and oxygen atoms in total. The lowest BCUT2D eigenvalue weighted by Crippen LogP contribution is -2.55. The van der Waals surface area contributed by atoms with E-state index in [-0.39, 0.29) is 37.2 Å². The summed E-state index contributed by atoms with van der Waals surface area (Å²) < 4.78 is 22.4. The molecular formula is C34H51N3O9. The first-order valence-electron chi connectivity index (χ1n) is 16.9. The largest absolute Gasteiger partial charge is 0.508 e. The number of nitrogens with one attached hydrogen (secondary N) is 1. The maximum atomic E-state index is 12.4. The number of nitrogens with two attached hydrogens (primary N) is 2. The maximum Gasteiger partial charge on any atom is 0.332 e. The monoisotopic (exact) mass is 645 g/mol. The summed E-state index contributed by atoms with van der Waals surface area (Å²) in [7, 11) is 0. The quantitative estimate of drug-likeness (QED) is 0.147. The molecule has 3 saturated carbocycles. The van der Waals surface area contributed by atoms with Crippen LogP contribution in [0.15, 0.2) is 18.2 Å². The van der Waals surface area contributed by atoms with Crippen molar-refractivity contribution in [1.82, 2.24) is 5.32 Å². The average molecular weight is 646 g/mol. The molecule has 9 atom stereocenters. The van der Waals surface area contributed by atoms with Gasteiger partial charge in [0.25, 0.3) is 0 Å². The third-order valence-electron chi connectivity index (χ3n) is 11.0. The number of phenolic OH excluding ortho intramolecular Hbond substituents is 1. The molecule has 5 rings (SSSR count). The van der Waals surface area contributed by atoms with Crippen molar-refractivity contribution in [3.05, 3.63) is 29.3 Å². The number of carbonyl (C=O) groups excluding carboxylic acids is 3. The van der Waals surface area contributed by atoms with Gasteiger partial charge in [-0.15, -0.1) is 0 Å². The number of amides is 2. The van der Waals surface area contributed by atoms with Crippen molar-refractivity contribution in [1.29, 1.82) is 0 Å². The van der Waals surface area contributed by atoms with Gasteiger partial charge in [-0.3, -0.25) is 9.59 Å². The molecule has 256 valence electrons. The number of ether oxygens (including phenoxy) is 4. The van der Waals surface area contributed by atoms with Crippen LogP contribution >= 0.6 is 0 Å². The highest BCUT2D eigenvalue weighted by atomic mass is 16.6. The summed E-state index contributed by atoms with van der Waals surface area (Å²) in [6.45, 7) is 3.48. The minimum atomic E-state index is -1.16. The Balaban J connectivity index is 0.912. The molecule has 0 bridgehead atoms. The van der Waals surface area contributed by atoms with Crippen LogP contribution in [0.3, 0.4) is 0 Å². The minimum Gasteiger partial charge on any atom is -0.508 e. The van der Waals surface area contributed by atoms with E-state index in [1.807, 2.05) is 12.1 Å². The van der Waals surface area contributed by atoms with Gasteiger partial charge in [0, 0.05) is 19.0 Å². The zero-order valence-electron chi connectivity index (χ0n) is 26.9. The number of carbonyl (C=O) groups is 3. The van der Waals surface area contributed by atoms with Gasteiger partial charge in [0.15, 0.2) is 0 Å². The van der Waals surface area contributed by atoms with E-state index in [0.29, 0.717) is 62.5 Å². The molecule has 12 heteroatoms. The normalized spacial score (nSPS) is 33.4. The van der Waals surface area contributed by atoms with Gasteiger partial charge in [-0.2, -0.15) is 0 Å². The Kier molecular flexibility index (Phi) is 11.6. The van der Waals surface area contributed by atoms with Crippen molar-refractivity contribution in [2.24, 2.45) is 34.6 Å². The van der Waals surface area contributed by atoms with E-state index in [1.54, 1.807) is 0 Å². The molecule has 4 aliphatic rings. The molecule has 0 heterocycles. The summed E-state index contributed by atoms with van der Waals surface area (Å²) in [5, 5.41) is 22.9. The van der Waals surface area contributed by atoms with Crippen LogP contribution in [0.1, 0.15) is 75.3 Å². The number of fused-ring (bicyclic) bond motifs is 5. The predicted octanol–water partition coefficient (Wildman–Crippen LogP) is 1.67. The molecule has 4 aliphatic carbocycles. The van der Waals surface area contributed by atoms with Gasteiger partial charge in [0.2, 0.25) is 11.8 Å². The number of aliphatic hydroxyl groups excluding tert-OH is 1. The molecular weight excluding hydrogens is 594 g/mol. The Morgan fingerprint density at radius 2 is 1.83 bits per heavy atom. The van der Waals surface area contributed by atoms with Crippen molar-refractivity contribution in [3.63, 3.8) is 0 Å². The first-order valence-corrected chi connectivity index (χ1v) is 16.9. The molecule has 46 heavy (non-hydrogen) atoms. The van der Waals surface area contributed by atoms with E-state index in [1.165, 1.54) is 17.5 Å². The second-order valence-electron chi connectivity index (χ2n) is 13.7. The number of hydrogen-bond donors (Lipinski definition) is 5. The first-order chi connectivity index (χ1) is 22.1. The summed E-state index contributed by atoms with van der Waals surface area (Å²) in [5.74, 6) is -0.349. The highest BCUT2D eigenvalue weighted by Gasteiger charge is 2.55. The number of benzene rings is 1. The molecule has 1 aromatic carbocycles. The summed E-state index contributed by atoms with van der Waals surface area (Å²) in [6, 6.07) is 5.32. The van der Waals surface area contributed by atoms with Gasteiger partial charge in [0.05, 0.1) is 38.6 Å². The summed E-state index contributed by atoms with van der Waals surface area (Å²) in [6.07, 6.45) is 5.88. The van der Waals surface area contributed by atoms with Crippen molar-refractivity contribution >= 4 is 17.8 Å². The van der Waals surface area contributed by atoms with Crippen LogP contribution < -0.4 is 16.8 Å². The van der Waals surface area contributed by atoms with E-state index >= 15 is 0 Å². The smallest absolute Gasteiger partial charge is 0.332 e. The number of aryl methyl sites for hydroxylation is 1. The van der Waals surface area contributed by atoms with E-state index in [0.717, 1.165) is 32.1 Å². The fraction of sp³-hybridized carbons (Fsp3) is 0.735. The number of esters is 1. The molecule has 7 N–H and O–H groups in total. The topological polar surface area (TPSA) is 193 Å². The van der Waals surface area contributed by atoms with Crippen LogP contribution in [-0.4, -0.2) is 91.9 Å². The molecule has 0 spiro atoms. The lowest BCUT2D eigenvalue weighted by atomic mass is 9.55. The molecule has 1 aromatic rings. The van der Waals surface area contributed by atoms with Gasteiger partial charge in [-0.1, -0.05) is 13.0 Å². The Morgan fingerprint density at radius 3 is 2.63 bits per heavy atom. The number of primary amides is 1. The van der Waals surface area contributed by atoms with Crippen molar-refractivity contribution in [2.45, 2.75) is 95.0 Å². The van der Waals surface area contributed by atoms with Crippen LogP contribution in [0.2, 0.25) is 0 Å². The highest BCUT2D eigenvalue weighted by molar-refractivity contribution is 5.79. The van der Waals surface area contributed by atoms with Gasteiger partial charge < -0.3 is 45.9 Å². The fourth-order valence-electron chi connectivity index (χ4n) is 8.69. The molecule has 0 radical (unpaired) electrons. The van der Waals surface area contributed by atoms with Crippen molar-refractivity contribution in [3.8, 4) is 5.75 Å². The van der Waals surface area contributed by atoms with Gasteiger partial charge >= 0.3 is 5.97 Å². The maximum absolute atomic E-state index is 12.4. The van der Waals surface area contributed by atoms with E-state index < -0.39 is 36.0 Å². The predicted molar refractivity (Wildman–Crippen MR) is 168 cm³/mol. The number of aromatic hydroxyl groups is 1. The second-order valence-corrected chi connectivity index (χ2v) is 13.7. The lowest BCUT2D eigenvalue weighted by Gasteiger charge is -2.50. The molecule has 0 aromatic heterocycles. The van der Waals surface area contributed by atoms with Crippen molar-refractivity contribution < 1.29 is 43.5 Å². The third-order valence-corrected chi connectivity index (χ3v) is 11.0. The van der Waals surface area contributed by atoms with Gasteiger partial charge in [-0.25, -0.2) is 4.79 Å². The van der Waals surface area contributed by atoms with E-state index in [2.05, 4.69) is 18.3 Å². The second kappa shape index (κ2) is 15.4. The number of aliphatic hydroxyl groups is 1. The Bertz CT molecular complexity index is 1230. The molecule has 0 aliphatic heterocycles. The standard InChI is InChI=1S/C34H51N3O9/c1-34-12-10-23-22-5-3-21(38)18-20(22)2-4-24(23)25(34)6-9-28(34)45-14-11-29(39)37-13-15-43-16-17-44-19-30(40)46-27-8-7-26(35)32(41)31(27)33(36)42/h3,5,18,23-28,31-32,38,41H,2,4,6-17,19,35H2,1H3,(H2,36,42)(H,37,39). The summed E-state index contributed by atoms with van der Waals surface area (Å²) >= 11 is 0. The summed E-state index contributed by atoms with van der Waals surface area (Å²) in [5.41, 5.74) is 14.0. The molecule has 0 saturated heterocycles. The van der Waals surface area contributed by atoms with E-state index in [4.69, 9.17) is 30.4 Å². The first kappa shape index (κ1) is 34.6. The molecule has 2 amide bonds. The van der Waals surface area contributed by atoms with Gasteiger partial charge in [-0.05, 0) is 97.8 Å². The molecule has 3 fully saturated rings. The van der Waals surface area contributed by atoms with Crippen LogP contribution in [0.4, 0.5) is 0 Å². The lowest BCUT2D eigenvalue weighted by molar-refractivity contribution is -0.166. The Labute approximate surface area is 270 Å². The minimum absolute atomic E-state index is 0.0822. The van der Waals surface area contributed by atoms with Crippen molar-refractivity contribution in [2.75, 3.05) is 39.6 Å². The zero-order chi connectivity index (χ0) is 32.8. The van der Waals surface area contributed by atoms with Crippen LogP contribution in [0, 0.1) is 23.2 Å². The Hall–Kier alpha value is -2.77. The van der Waals surface area contributed by atoms with E-state index in [9.17, 15) is 24.6 Å². The van der Waals surface area contributed by atoms with Crippen LogP contribution in [0.25, 0.3) is 0 Å². The van der Waals surface area contributed by atoms with Gasteiger partial charge in [0.1, 0.15) is 24.4 Å². The summed E-state index contributed by atoms with van der Waals surface area (Å²) in [4.78, 5) is 36.2. The van der Waals surface area contributed by atoms with Crippen LogP contribution in [-0.2, 0) is 39.8 Å². The van der Waals surface area contributed by atoms with Crippen LogP contribution in [0.5, 0.6) is 5.75 Å². The Morgan fingerprint density at radius 1 is 1.02 bits per heavy atom. The fourth-order valence-corrected chi connectivity index (χ4v) is 8.69. The number of rotatable bonds is 14.